The molecule has 0 aromatic rings. The van der Waals surface area contributed by atoms with Gasteiger partial charge in [-0.05, 0) is 25.7 Å². The Labute approximate surface area is 124 Å². The van der Waals surface area contributed by atoms with E-state index in [0.717, 1.165) is 25.7 Å². The SMILES string of the molecule is O=C(C1CC(F)(F)CN1)N1CCC(OC2CCCC2)CC1. The predicted octanol–water partition coefficient (Wildman–Crippen LogP) is 1.93. The van der Waals surface area contributed by atoms with E-state index >= 15 is 0 Å². The van der Waals surface area contributed by atoms with Gasteiger partial charge in [-0.25, -0.2) is 8.78 Å². The molecule has 3 fully saturated rings. The summed E-state index contributed by atoms with van der Waals surface area (Å²) in [5.41, 5.74) is 0. The molecule has 0 bridgehead atoms. The summed E-state index contributed by atoms with van der Waals surface area (Å²) in [5, 5.41) is 2.64. The van der Waals surface area contributed by atoms with Crippen LogP contribution in [-0.4, -0.2) is 54.6 Å². The highest BCUT2D eigenvalue weighted by molar-refractivity contribution is 5.82. The van der Waals surface area contributed by atoms with Gasteiger partial charge < -0.3 is 9.64 Å². The number of nitrogens with zero attached hydrogens (tertiary/aromatic N) is 1. The summed E-state index contributed by atoms with van der Waals surface area (Å²) in [7, 11) is 0. The Morgan fingerprint density at radius 2 is 1.71 bits per heavy atom. The number of piperidine rings is 1. The van der Waals surface area contributed by atoms with Crippen molar-refractivity contribution in [1.82, 2.24) is 10.2 Å². The van der Waals surface area contributed by atoms with Crippen LogP contribution in [0.25, 0.3) is 0 Å². The maximum atomic E-state index is 13.2. The minimum Gasteiger partial charge on any atom is -0.375 e. The van der Waals surface area contributed by atoms with Crippen LogP contribution in [0.3, 0.4) is 0 Å². The Hall–Kier alpha value is -0.750. The van der Waals surface area contributed by atoms with Crippen molar-refractivity contribution in [3.05, 3.63) is 0 Å². The standard InChI is InChI=1S/C15H24F2N2O2/c16-15(17)9-13(18-10-15)14(20)19-7-5-12(6-8-19)21-11-3-1-2-4-11/h11-13,18H,1-10H2. The van der Waals surface area contributed by atoms with E-state index in [0.29, 0.717) is 19.2 Å². The fourth-order valence-electron chi connectivity index (χ4n) is 3.62. The van der Waals surface area contributed by atoms with Crippen molar-refractivity contribution in [2.24, 2.45) is 0 Å². The van der Waals surface area contributed by atoms with E-state index in [1.165, 1.54) is 12.8 Å². The van der Waals surface area contributed by atoms with Gasteiger partial charge in [0.2, 0.25) is 5.91 Å². The van der Waals surface area contributed by atoms with Gasteiger partial charge in [-0.15, -0.1) is 0 Å². The first-order chi connectivity index (χ1) is 10.0. The Bertz CT molecular complexity index is 378. The zero-order valence-corrected chi connectivity index (χ0v) is 12.3. The van der Waals surface area contributed by atoms with E-state index in [1.54, 1.807) is 4.90 Å². The second-order valence-electron chi connectivity index (χ2n) is 6.56. The van der Waals surface area contributed by atoms with Crippen LogP contribution in [0, 0.1) is 0 Å². The van der Waals surface area contributed by atoms with Gasteiger partial charge in [-0.3, -0.25) is 10.1 Å². The van der Waals surface area contributed by atoms with E-state index < -0.39 is 12.0 Å². The van der Waals surface area contributed by atoms with Crippen LogP contribution < -0.4 is 5.32 Å². The zero-order valence-electron chi connectivity index (χ0n) is 12.3. The van der Waals surface area contributed by atoms with Crippen LogP contribution in [0.1, 0.15) is 44.9 Å². The first kappa shape index (κ1) is 15.2. The number of carbonyl (C=O) groups is 1. The summed E-state index contributed by atoms with van der Waals surface area (Å²) in [4.78, 5) is 13.9. The second-order valence-corrected chi connectivity index (χ2v) is 6.56. The highest BCUT2D eigenvalue weighted by Gasteiger charge is 2.44. The molecule has 1 saturated carbocycles. The van der Waals surface area contributed by atoms with E-state index in [-0.39, 0.29) is 25.0 Å². The number of rotatable bonds is 3. The molecule has 1 unspecified atom stereocenters. The maximum Gasteiger partial charge on any atom is 0.262 e. The van der Waals surface area contributed by atoms with Gasteiger partial charge >= 0.3 is 0 Å². The molecule has 2 saturated heterocycles. The van der Waals surface area contributed by atoms with Crippen LogP contribution in [0.2, 0.25) is 0 Å². The van der Waals surface area contributed by atoms with Gasteiger partial charge in [0, 0.05) is 19.5 Å². The molecule has 2 heterocycles. The Kier molecular flexibility index (Phi) is 4.45. The highest BCUT2D eigenvalue weighted by Crippen LogP contribution is 2.28. The van der Waals surface area contributed by atoms with Crippen molar-refractivity contribution in [2.45, 2.75) is 69.1 Å². The topological polar surface area (TPSA) is 41.6 Å². The minimum atomic E-state index is -2.75. The number of ether oxygens (including phenoxy) is 1. The molecule has 0 radical (unpaired) electrons. The predicted molar refractivity (Wildman–Crippen MR) is 74.3 cm³/mol. The van der Waals surface area contributed by atoms with Crippen LogP contribution in [0.4, 0.5) is 8.78 Å². The van der Waals surface area contributed by atoms with Crippen molar-refractivity contribution < 1.29 is 18.3 Å². The third-order valence-corrected chi connectivity index (χ3v) is 4.85. The average Bonchev–Trinajstić information content (AvgIpc) is 3.08. The summed E-state index contributed by atoms with van der Waals surface area (Å²) in [6, 6.07) is -0.715. The van der Waals surface area contributed by atoms with Crippen molar-refractivity contribution in [3.8, 4) is 0 Å². The molecule has 1 atom stereocenters. The lowest BCUT2D eigenvalue weighted by Gasteiger charge is -2.34. The molecule has 3 rings (SSSR count). The van der Waals surface area contributed by atoms with Crippen molar-refractivity contribution in [2.75, 3.05) is 19.6 Å². The van der Waals surface area contributed by atoms with Gasteiger partial charge in [0.05, 0.1) is 24.8 Å². The fourth-order valence-corrected chi connectivity index (χ4v) is 3.62. The monoisotopic (exact) mass is 302 g/mol. The summed E-state index contributed by atoms with van der Waals surface area (Å²) in [6.45, 7) is 0.866. The average molecular weight is 302 g/mol. The molecule has 120 valence electrons. The molecule has 0 aromatic heterocycles. The third kappa shape index (κ3) is 3.72. The van der Waals surface area contributed by atoms with E-state index in [4.69, 9.17) is 4.74 Å². The molecule has 1 N–H and O–H groups in total. The van der Waals surface area contributed by atoms with E-state index in [2.05, 4.69) is 5.32 Å². The summed E-state index contributed by atoms with van der Waals surface area (Å²) >= 11 is 0. The van der Waals surface area contributed by atoms with Crippen LogP contribution in [0.15, 0.2) is 0 Å². The van der Waals surface area contributed by atoms with Gasteiger partial charge in [-0.2, -0.15) is 0 Å². The van der Waals surface area contributed by atoms with Gasteiger partial charge in [0.1, 0.15) is 0 Å². The van der Waals surface area contributed by atoms with Crippen LogP contribution in [0.5, 0.6) is 0 Å². The number of amides is 1. The molecule has 3 aliphatic rings. The smallest absolute Gasteiger partial charge is 0.262 e. The minimum absolute atomic E-state index is 0.175. The summed E-state index contributed by atoms with van der Waals surface area (Å²) in [6.07, 6.45) is 6.72. The second kappa shape index (κ2) is 6.16. The number of likely N-dealkylation sites (tertiary alicyclic amines) is 1. The summed E-state index contributed by atoms with van der Waals surface area (Å²) < 4.78 is 32.4. The number of carbonyl (C=O) groups excluding carboxylic acids is 1. The van der Waals surface area contributed by atoms with Gasteiger partial charge in [0.15, 0.2) is 0 Å². The zero-order chi connectivity index (χ0) is 14.9. The first-order valence-electron chi connectivity index (χ1n) is 8.09. The lowest BCUT2D eigenvalue weighted by atomic mass is 10.1. The number of hydrogen-bond acceptors (Lipinski definition) is 3. The quantitative estimate of drug-likeness (QED) is 0.866. The largest absolute Gasteiger partial charge is 0.375 e. The van der Waals surface area contributed by atoms with Gasteiger partial charge in [-0.1, -0.05) is 12.8 Å². The van der Waals surface area contributed by atoms with Gasteiger partial charge in [0.25, 0.3) is 5.92 Å². The summed E-state index contributed by atoms with van der Waals surface area (Å²) in [5.74, 6) is -2.92. The van der Waals surface area contributed by atoms with Crippen LogP contribution in [-0.2, 0) is 9.53 Å². The molecular weight excluding hydrogens is 278 g/mol. The molecular formula is C15H24F2N2O2. The number of hydrogen-bond donors (Lipinski definition) is 1. The maximum absolute atomic E-state index is 13.2. The molecule has 4 nitrogen and oxygen atoms in total. The van der Waals surface area contributed by atoms with Crippen molar-refractivity contribution in [1.29, 1.82) is 0 Å². The highest BCUT2D eigenvalue weighted by atomic mass is 19.3. The van der Waals surface area contributed by atoms with E-state index in [1.807, 2.05) is 0 Å². The normalized spacial score (nSPS) is 31.0. The molecule has 2 aliphatic heterocycles. The third-order valence-electron chi connectivity index (χ3n) is 4.85. The molecule has 0 spiro atoms. The lowest BCUT2D eigenvalue weighted by Crippen LogP contribution is -2.48. The molecule has 1 aliphatic carbocycles. The van der Waals surface area contributed by atoms with E-state index in [9.17, 15) is 13.6 Å². The Morgan fingerprint density at radius 3 is 2.29 bits per heavy atom. The molecule has 6 heteroatoms. The molecule has 0 aromatic carbocycles. The Balaban J connectivity index is 1.43. The first-order valence-corrected chi connectivity index (χ1v) is 8.09. The van der Waals surface area contributed by atoms with Crippen LogP contribution >= 0.6 is 0 Å². The fraction of sp³-hybridized carbons (Fsp3) is 0.933. The number of alkyl halides is 2. The van der Waals surface area contributed by atoms with Crippen molar-refractivity contribution >= 4 is 5.91 Å². The number of halogens is 2. The Morgan fingerprint density at radius 1 is 1.10 bits per heavy atom. The molecule has 1 amide bonds. The molecule has 21 heavy (non-hydrogen) atoms. The number of nitrogens with one attached hydrogen (secondary N) is 1. The lowest BCUT2D eigenvalue weighted by molar-refractivity contribution is -0.137. The van der Waals surface area contributed by atoms with Crippen molar-refractivity contribution in [3.63, 3.8) is 0 Å².